The van der Waals surface area contributed by atoms with Crippen LogP contribution in [0, 0.1) is 11.7 Å². The van der Waals surface area contributed by atoms with Crippen LogP contribution in [0.25, 0.3) is 11.0 Å². The lowest BCUT2D eigenvalue weighted by Gasteiger charge is -2.34. The fourth-order valence-electron chi connectivity index (χ4n) is 5.85. The molecule has 1 amide bonds. The summed E-state index contributed by atoms with van der Waals surface area (Å²) in [6, 6.07) is 3.26. The first-order valence-electron chi connectivity index (χ1n) is 12.7. The smallest absolute Gasteiger partial charge is 0.406 e. The van der Waals surface area contributed by atoms with Crippen LogP contribution in [-0.2, 0) is 12.8 Å². The number of nitrogens with zero attached hydrogens (tertiary/aromatic N) is 2. The number of anilines is 1. The zero-order valence-electron chi connectivity index (χ0n) is 21.2. The second-order valence-corrected chi connectivity index (χ2v) is 10.8. The summed E-state index contributed by atoms with van der Waals surface area (Å²) in [5, 5.41) is 11.4. The number of nitrogen functional groups attached to an aromatic ring is 1. The Labute approximate surface area is 217 Å². The molecule has 1 unspecified atom stereocenters. The molecule has 0 saturated carbocycles. The fraction of sp³-hybridized carbons (Fsp3) is 0.481. The number of carbonyl (C=O) groups excluding carboxylic acids is 1. The van der Waals surface area contributed by atoms with Crippen molar-refractivity contribution in [3.05, 3.63) is 52.6 Å². The van der Waals surface area contributed by atoms with Gasteiger partial charge in [0.25, 0.3) is 5.91 Å². The first kappa shape index (κ1) is 26.3. The lowest BCUT2D eigenvalue weighted by atomic mass is 9.76. The Morgan fingerprint density at radius 3 is 2.55 bits per heavy atom. The lowest BCUT2D eigenvalue weighted by molar-refractivity contribution is -0.274. The van der Waals surface area contributed by atoms with Gasteiger partial charge < -0.3 is 25.5 Å². The van der Waals surface area contributed by atoms with Crippen molar-refractivity contribution >= 4 is 22.6 Å². The average molecular weight is 535 g/mol. The number of alkyl halides is 3. The van der Waals surface area contributed by atoms with E-state index in [4.69, 9.17) is 5.73 Å². The summed E-state index contributed by atoms with van der Waals surface area (Å²) in [5.74, 6) is -1.38. The molecule has 1 aromatic carbocycles. The minimum absolute atomic E-state index is 0.0444. The minimum atomic E-state index is -4.86. The highest BCUT2D eigenvalue weighted by molar-refractivity contribution is 5.99. The van der Waals surface area contributed by atoms with Crippen molar-refractivity contribution < 1.29 is 32.2 Å². The molecule has 11 heteroatoms. The number of aromatic nitrogens is 2. The predicted octanol–water partition coefficient (Wildman–Crippen LogP) is 5.08. The third-order valence-corrected chi connectivity index (χ3v) is 7.88. The number of aliphatic hydroxyl groups is 1. The zero-order chi connectivity index (χ0) is 27.4. The van der Waals surface area contributed by atoms with Crippen LogP contribution in [0.1, 0.15) is 66.2 Å². The van der Waals surface area contributed by atoms with Gasteiger partial charge in [-0.1, -0.05) is 0 Å². The Morgan fingerprint density at radius 2 is 1.92 bits per heavy atom. The Morgan fingerprint density at radius 1 is 1.21 bits per heavy atom. The Balaban J connectivity index is 1.36. The number of carbonyl (C=O) groups is 1. The van der Waals surface area contributed by atoms with Crippen molar-refractivity contribution in [1.29, 1.82) is 0 Å². The number of hydrogen-bond acceptors (Lipinski definition) is 5. The molecular formula is C27H30F4N4O3. The molecule has 0 radical (unpaired) electrons. The summed E-state index contributed by atoms with van der Waals surface area (Å²) in [6.07, 6.45) is -0.409. The third-order valence-electron chi connectivity index (χ3n) is 7.88. The van der Waals surface area contributed by atoms with Crippen LogP contribution in [0.4, 0.5) is 23.2 Å². The molecular weight excluding hydrogens is 504 g/mol. The second kappa shape index (κ2) is 9.44. The highest BCUT2D eigenvalue weighted by atomic mass is 19.4. The van der Waals surface area contributed by atoms with Gasteiger partial charge in [-0.25, -0.2) is 9.37 Å². The number of rotatable bonds is 4. The maximum atomic E-state index is 15.3. The molecule has 204 valence electrons. The fourth-order valence-corrected chi connectivity index (χ4v) is 5.85. The molecule has 2 aliphatic rings. The van der Waals surface area contributed by atoms with E-state index in [9.17, 15) is 23.1 Å². The molecule has 5 rings (SSSR count). The number of ether oxygens (including phenoxy) is 1. The summed E-state index contributed by atoms with van der Waals surface area (Å²) in [7, 11) is 0. The van der Waals surface area contributed by atoms with E-state index in [1.807, 2.05) is 0 Å². The van der Waals surface area contributed by atoms with E-state index in [-0.39, 0.29) is 28.9 Å². The van der Waals surface area contributed by atoms with Gasteiger partial charge in [0.2, 0.25) is 0 Å². The van der Waals surface area contributed by atoms with Gasteiger partial charge in [0.05, 0.1) is 17.4 Å². The van der Waals surface area contributed by atoms with Gasteiger partial charge >= 0.3 is 6.36 Å². The molecule has 3 aromatic rings. The summed E-state index contributed by atoms with van der Waals surface area (Å²) < 4.78 is 56.6. The third kappa shape index (κ3) is 5.03. The van der Waals surface area contributed by atoms with Gasteiger partial charge in [0.1, 0.15) is 17.2 Å². The molecule has 2 aromatic heterocycles. The minimum Gasteiger partial charge on any atom is -0.406 e. The number of fused-ring (bicyclic) bond motifs is 3. The molecule has 1 fully saturated rings. The lowest BCUT2D eigenvalue weighted by Crippen LogP contribution is -2.38. The normalized spacial score (nSPS) is 19.0. The number of aryl methyl sites for hydroxylation is 1. The van der Waals surface area contributed by atoms with Crippen LogP contribution < -0.4 is 10.5 Å². The number of likely N-dealkylation sites (tertiary alicyclic amines) is 1. The molecule has 1 aliphatic carbocycles. The van der Waals surface area contributed by atoms with Gasteiger partial charge in [-0.3, -0.25) is 4.79 Å². The van der Waals surface area contributed by atoms with E-state index in [0.717, 1.165) is 41.6 Å². The number of aromatic amines is 1. The quantitative estimate of drug-likeness (QED) is 0.320. The van der Waals surface area contributed by atoms with E-state index in [2.05, 4.69) is 14.7 Å². The number of nitrogens with one attached hydrogen (secondary N) is 1. The van der Waals surface area contributed by atoms with Crippen molar-refractivity contribution in [2.45, 2.75) is 63.8 Å². The van der Waals surface area contributed by atoms with Crippen molar-refractivity contribution in [3.63, 3.8) is 0 Å². The maximum Gasteiger partial charge on any atom is 0.573 e. The molecule has 3 heterocycles. The second-order valence-electron chi connectivity index (χ2n) is 10.8. The van der Waals surface area contributed by atoms with Gasteiger partial charge in [0, 0.05) is 41.5 Å². The summed E-state index contributed by atoms with van der Waals surface area (Å²) in [4.78, 5) is 22.3. The van der Waals surface area contributed by atoms with Crippen molar-refractivity contribution in [2.75, 3.05) is 18.8 Å². The number of amides is 1. The number of H-pyrrole nitrogens is 1. The van der Waals surface area contributed by atoms with Crippen LogP contribution in [-0.4, -0.2) is 50.9 Å². The van der Waals surface area contributed by atoms with E-state index in [1.54, 1.807) is 18.7 Å². The number of halogens is 4. The number of pyridine rings is 1. The molecule has 1 aliphatic heterocycles. The molecule has 38 heavy (non-hydrogen) atoms. The molecule has 0 spiro atoms. The van der Waals surface area contributed by atoms with E-state index < -0.39 is 23.6 Å². The summed E-state index contributed by atoms with van der Waals surface area (Å²) in [5.41, 5.74) is 8.25. The molecule has 1 atom stereocenters. The Bertz CT molecular complexity index is 1370. The molecule has 7 nitrogen and oxygen atoms in total. The van der Waals surface area contributed by atoms with Crippen molar-refractivity contribution in [2.24, 2.45) is 5.92 Å². The van der Waals surface area contributed by atoms with Gasteiger partial charge in [-0.2, -0.15) is 0 Å². The topological polar surface area (TPSA) is 104 Å². The Kier molecular flexibility index (Phi) is 6.53. The predicted molar refractivity (Wildman–Crippen MR) is 133 cm³/mol. The van der Waals surface area contributed by atoms with Crippen molar-refractivity contribution in [1.82, 2.24) is 14.9 Å². The van der Waals surface area contributed by atoms with Gasteiger partial charge in [-0.15, -0.1) is 13.2 Å². The standard InChI is InChI=1S/C27H30F4N4O3/c1-26(2,37)15-3-6-21-18(11-15)23-22(19(28)13-33-24(23)34-21)14-7-9-35(10-8-14)25(36)17-5-4-16(12-20(17)32)38-27(29,30)31/h4-5,12-15,37H,3,6-11,32H2,1-2H3,(H,33,34). The van der Waals surface area contributed by atoms with Crippen LogP contribution in [0.15, 0.2) is 24.4 Å². The first-order valence-corrected chi connectivity index (χ1v) is 12.7. The highest BCUT2D eigenvalue weighted by Crippen LogP contribution is 2.41. The first-order chi connectivity index (χ1) is 17.8. The Hall–Kier alpha value is -3.34. The van der Waals surface area contributed by atoms with Gasteiger partial charge in [-0.05, 0) is 75.5 Å². The van der Waals surface area contributed by atoms with Crippen LogP contribution >= 0.6 is 0 Å². The van der Waals surface area contributed by atoms with Crippen LogP contribution in [0.5, 0.6) is 5.75 Å². The average Bonchev–Trinajstić information content (AvgIpc) is 3.20. The highest BCUT2D eigenvalue weighted by Gasteiger charge is 2.36. The largest absolute Gasteiger partial charge is 0.573 e. The van der Waals surface area contributed by atoms with E-state index in [1.165, 1.54) is 12.3 Å². The van der Waals surface area contributed by atoms with Crippen LogP contribution in [0.3, 0.4) is 0 Å². The van der Waals surface area contributed by atoms with Crippen LogP contribution in [0.2, 0.25) is 0 Å². The number of piperidine rings is 1. The van der Waals surface area contributed by atoms with E-state index >= 15 is 4.39 Å². The number of nitrogens with two attached hydrogens (primary N) is 1. The van der Waals surface area contributed by atoms with Gasteiger partial charge in [0.15, 0.2) is 0 Å². The van der Waals surface area contributed by atoms with E-state index in [0.29, 0.717) is 43.6 Å². The molecule has 4 N–H and O–H groups in total. The maximum absolute atomic E-state index is 15.3. The number of hydrogen-bond donors (Lipinski definition) is 3. The molecule has 1 saturated heterocycles. The number of benzene rings is 1. The summed E-state index contributed by atoms with van der Waals surface area (Å²) >= 11 is 0. The molecule has 0 bridgehead atoms. The zero-order valence-corrected chi connectivity index (χ0v) is 21.2. The SMILES string of the molecule is CC(C)(O)C1CCc2[nH]c3ncc(F)c(C4CCN(C(=O)c5ccc(OC(F)(F)F)cc5N)CC4)c3c2C1. The summed E-state index contributed by atoms with van der Waals surface area (Å²) in [6.45, 7) is 4.28. The van der Waals surface area contributed by atoms with Crippen molar-refractivity contribution in [3.8, 4) is 5.75 Å². The monoisotopic (exact) mass is 534 g/mol.